The van der Waals surface area contributed by atoms with Gasteiger partial charge in [0.25, 0.3) is 0 Å². The van der Waals surface area contributed by atoms with E-state index in [2.05, 4.69) is 5.32 Å². The summed E-state index contributed by atoms with van der Waals surface area (Å²) in [6.45, 7) is 1.09. The van der Waals surface area contributed by atoms with E-state index in [0.717, 1.165) is 6.42 Å². The van der Waals surface area contributed by atoms with Crippen LogP contribution in [0.25, 0.3) is 6.08 Å². The Labute approximate surface area is 161 Å². The SMILES string of the molecule is COC(=O)c1ccccc1NC(=O)/C=C/c1cc(Cl)c2c(c1)OCCCO2. The van der Waals surface area contributed by atoms with Crippen LogP contribution < -0.4 is 14.8 Å². The second kappa shape index (κ2) is 8.60. The van der Waals surface area contributed by atoms with Crippen molar-refractivity contribution in [3.63, 3.8) is 0 Å². The van der Waals surface area contributed by atoms with Crippen molar-refractivity contribution in [2.45, 2.75) is 6.42 Å². The predicted molar refractivity (Wildman–Crippen MR) is 103 cm³/mol. The number of nitrogens with one attached hydrogen (secondary N) is 1. The first kappa shape index (κ1) is 18.8. The Morgan fingerprint density at radius 1 is 1.19 bits per heavy atom. The Kier molecular flexibility index (Phi) is 5.98. The smallest absolute Gasteiger partial charge is 0.339 e. The van der Waals surface area contributed by atoms with E-state index in [9.17, 15) is 9.59 Å². The maximum atomic E-state index is 12.2. The number of rotatable bonds is 4. The van der Waals surface area contributed by atoms with E-state index in [1.807, 2.05) is 0 Å². The fourth-order valence-corrected chi connectivity index (χ4v) is 2.85. The molecule has 0 saturated heterocycles. The molecule has 1 heterocycles. The molecule has 0 saturated carbocycles. The lowest BCUT2D eigenvalue weighted by Crippen LogP contribution is -2.12. The zero-order valence-electron chi connectivity index (χ0n) is 14.7. The van der Waals surface area contributed by atoms with Crippen molar-refractivity contribution in [3.8, 4) is 11.5 Å². The van der Waals surface area contributed by atoms with Gasteiger partial charge in [-0.05, 0) is 35.9 Å². The first-order valence-corrected chi connectivity index (χ1v) is 8.72. The molecule has 0 atom stereocenters. The molecule has 0 bridgehead atoms. The minimum Gasteiger partial charge on any atom is -0.489 e. The number of esters is 1. The van der Waals surface area contributed by atoms with Gasteiger partial charge < -0.3 is 19.5 Å². The lowest BCUT2D eigenvalue weighted by atomic mass is 10.1. The highest BCUT2D eigenvalue weighted by Crippen LogP contribution is 2.38. The van der Waals surface area contributed by atoms with Gasteiger partial charge in [-0.1, -0.05) is 23.7 Å². The van der Waals surface area contributed by atoms with Crippen LogP contribution in [0.5, 0.6) is 11.5 Å². The summed E-state index contributed by atoms with van der Waals surface area (Å²) in [4.78, 5) is 24.0. The lowest BCUT2D eigenvalue weighted by Gasteiger charge is -2.10. The first-order chi connectivity index (χ1) is 13.1. The number of carbonyl (C=O) groups is 2. The quantitative estimate of drug-likeness (QED) is 0.635. The highest BCUT2D eigenvalue weighted by molar-refractivity contribution is 6.32. The number of hydrogen-bond acceptors (Lipinski definition) is 5. The predicted octanol–water partition coefficient (Wildman–Crippen LogP) is 3.94. The zero-order valence-corrected chi connectivity index (χ0v) is 15.4. The summed E-state index contributed by atoms with van der Waals surface area (Å²) >= 11 is 6.25. The van der Waals surface area contributed by atoms with Gasteiger partial charge in [0.15, 0.2) is 11.5 Å². The van der Waals surface area contributed by atoms with Crippen LogP contribution in [0.4, 0.5) is 5.69 Å². The summed E-state index contributed by atoms with van der Waals surface area (Å²) in [5.41, 5.74) is 1.34. The Morgan fingerprint density at radius 3 is 2.78 bits per heavy atom. The number of amides is 1. The van der Waals surface area contributed by atoms with Gasteiger partial charge in [-0.3, -0.25) is 4.79 Å². The third-order valence-electron chi connectivity index (χ3n) is 3.84. The van der Waals surface area contributed by atoms with E-state index in [1.165, 1.54) is 13.2 Å². The molecule has 1 N–H and O–H groups in total. The zero-order chi connectivity index (χ0) is 19.2. The van der Waals surface area contributed by atoms with Crippen molar-refractivity contribution in [1.29, 1.82) is 0 Å². The highest BCUT2D eigenvalue weighted by atomic mass is 35.5. The molecule has 7 heteroatoms. The Hall–Kier alpha value is -2.99. The minimum atomic E-state index is -0.524. The van der Waals surface area contributed by atoms with Gasteiger partial charge in [-0.2, -0.15) is 0 Å². The van der Waals surface area contributed by atoms with Crippen LogP contribution in [0, 0.1) is 0 Å². The number of methoxy groups -OCH3 is 1. The van der Waals surface area contributed by atoms with Crippen molar-refractivity contribution in [3.05, 3.63) is 58.6 Å². The van der Waals surface area contributed by atoms with Gasteiger partial charge in [0.2, 0.25) is 5.91 Å². The maximum Gasteiger partial charge on any atom is 0.339 e. The monoisotopic (exact) mass is 387 g/mol. The lowest BCUT2D eigenvalue weighted by molar-refractivity contribution is -0.111. The molecule has 140 valence electrons. The van der Waals surface area contributed by atoms with Crippen LogP contribution >= 0.6 is 11.6 Å². The molecule has 0 spiro atoms. The summed E-state index contributed by atoms with van der Waals surface area (Å²) in [6.07, 6.45) is 3.73. The van der Waals surface area contributed by atoms with E-state index >= 15 is 0 Å². The van der Waals surface area contributed by atoms with Crippen LogP contribution in [0.3, 0.4) is 0 Å². The van der Waals surface area contributed by atoms with Crippen LogP contribution in [-0.4, -0.2) is 32.2 Å². The van der Waals surface area contributed by atoms with E-state index in [1.54, 1.807) is 42.5 Å². The topological polar surface area (TPSA) is 73.9 Å². The second-order valence-corrected chi connectivity index (χ2v) is 6.15. The molecule has 1 aliphatic heterocycles. The van der Waals surface area contributed by atoms with Crippen molar-refractivity contribution in [2.24, 2.45) is 0 Å². The summed E-state index contributed by atoms with van der Waals surface area (Å²) in [5.74, 6) is 0.151. The number of halogens is 1. The van der Waals surface area contributed by atoms with Crippen molar-refractivity contribution in [1.82, 2.24) is 0 Å². The van der Waals surface area contributed by atoms with Crippen LogP contribution in [0.15, 0.2) is 42.5 Å². The first-order valence-electron chi connectivity index (χ1n) is 8.34. The third-order valence-corrected chi connectivity index (χ3v) is 4.12. The van der Waals surface area contributed by atoms with E-state index in [0.29, 0.717) is 41.0 Å². The van der Waals surface area contributed by atoms with Gasteiger partial charge in [0.05, 0.1) is 36.6 Å². The number of carbonyl (C=O) groups excluding carboxylic acids is 2. The Bertz CT molecular complexity index is 894. The van der Waals surface area contributed by atoms with Gasteiger partial charge in [0, 0.05) is 12.5 Å². The van der Waals surface area contributed by atoms with Crippen LogP contribution in [0.2, 0.25) is 5.02 Å². The molecule has 2 aromatic carbocycles. The van der Waals surface area contributed by atoms with Gasteiger partial charge >= 0.3 is 5.97 Å². The summed E-state index contributed by atoms with van der Waals surface area (Å²) in [5, 5.41) is 3.09. The maximum absolute atomic E-state index is 12.2. The Morgan fingerprint density at radius 2 is 1.96 bits per heavy atom. The number of fused-ring (bicyclic) bond motifs is 1. The summed E-state index contributed by atoms with van der Waals surface area (Å²) < 4.78 is 15.9. The Balaban J connectivity index is 1.75. The number of anilines is 1. The molecule has 2 aromatic rings. The number of benzene rings is 2. The molecular weight excluding hydrogens is 370 g/mol. The molecule has 1 amide bonds. The molecule has 0 unspecified atom stereocenters. The normalized spacial score (nSPS) is 13.1. The second-order valence-electron chi connectivity index (χ2n) is 5.74. The van der Waals surface area contributed by atoms with E-state index in [-0.39, 0.29) is 5.56 Å². The molecular formula is C20H18ClNO5. The largest absolute Gasteiger partial charge is 0.489 e. The molecule has 0 radical (unpaired) electrons. The molecule has 0 aliphatic carbocycles. The molecule has 0 fully saturated rings. The third kappa shape index (κ3) is 4.60. The fourth-order valence-electron chi connectivity index (χ4n) is 2.57. The molecule has 1 aliphatic rings. The van der Waals surface area contributed by atoms with Gasteiger partial charge in [-0.15, -0.1) is 0 Å². The summed E-state index contributed by atoms with van der Waals surface area (Å²) in [7, 11) is 1.29. The number of hydrogen-bond donors (Lipinski definition) is 1. The van der Waals surface area contributed by atoms with E-state index < -0.39 is 11.9 Å². The molecule has 3 rings (SSSR count). The molecule has 6 nitrogen and oxygen atoms in total. The van der Waals surface area contributed by atoms with Gasteiger partial charge in [0.1, 0.15) is 0 Å². The highest BCUT2D eigenvalue weighted by Gasteiger charge is 2.15. The number of ether oxygens (including phenoxy) is 3. The molecule has 0 aromatic heterocycles. The van der Waals surface area contributed by atoms with Crippen LogP contribution in [0.1, 0.15) is 22.3 Å². The molecule has 27 heavy (non-hydrogen) atoms. The fraction of sp³-hybridized carbons (Fsp3) is 0.200. The van der Waals surface area contributed by atoms with E-state index in [4.69, 9.17) is 25.8 Å². The van der Waals surface area contributed by atoms with Crippen molar-refractivity contribution < 1.29 is 23.8 Å². The average Bonchev–Trinajstić information content (AvgIpc) is 2.92. The minimum absolute atomic E-state index is 0.278. The van der Waals surface area contributed by atoms with Crippen molar-refractivity contribution >= 4 is 35.2 Å². The van der Waals surface area contributed by atoms with Gasteiger partial charge in [-0.25, -0.2) is 4.79 Å². The van der Waals surface area contributed by atoms with Crippen molar-refractivity contribution in [2.75, 3.05) is 25.6 Å². The standard InChI is InChI=1S/C20H18ClNO5/c1-25-20(24)14-5-2-3-6-16(14)22-18(23)8-7-13-11-15(21)19-17(12-13)26-9-4-10-27-19/h2-3,5-8,11-12H,4,9-10H2,1H3,(H,22,23)/b8-7+. The average molecular weight is 388 g/mol. The van der Waals surface area contributed by atoms with Crippen LogP contribution in [-0.2, 0) is 9.53 Å². The summed E-state index contributed by atoms with van der Waals surface area (Å²) in [6, 6.07) is 10.1. The number of para-hydroxylation sites is 1.